The molecule has 2 rings (SSSR count). The molecule has 1 fully saturated rings. The van der Waals surface area contributed by atoms with Crippen LogP contribution in [-0.4, -0.2) is 19.1 Å². The van der Waals surface area contributed by atoms with Crippen LogP contribution in [0.15, 0.2) is 0 Å². The van der Waals surface area contributed by atoms with Crippen molar-refractivity contribution in [1.82, 2.24) is 10.3 Å². The van der Waals surface area contributed by atoms with Crippen LogP contribution in [-0.2, 0) is 4.74 Å². The first kappa shape index (κ1) is 14.9. The predicted octanol–water partition coefficient (Wildman–Crippen LogP) is 4.00. The summed E-state index contributed by atoms with van der Waals surface area (Å²) < 4.78 is 5.79. The summed E-state index contributed by atoms with van der Waals surface area (Å²) in [5.74, 6) is 0.655. The van der Waals surface area contributed by atoms with Gasteiger partial charge in [0.1, 0.15) is 11.1 Å². The maximum atomic E-state index is 5.79. The molecule has 1 saturated carbocycles. The molecule has 1 aromatic heterocycles. The molecule has 1 aliphatic carbocycles. The van der Waals surface area contributed by atoms with E-state index in [1.807, 2.05) is 25.5 Å². The van der Waals surface area contributed by atoms with E-state index in [-0.39, 0.29) is 6.10 Å². The minimum Gasteiger partial charge on any atom is -0.374 e. The zero-order chi connectivity index (χ0) is 13.8. The molecule has 1 aliphatic rings. The third-order valence-electron chi connectivity index (χ3n) is 4.25. The van der Waals surface area contributed by atoms with Gasteiger partial charge in [-0.25, -0.2) is 4.98 Å². The fourth-order valence-electron chi connectivity index (χ4n) is 3.02. The number of aromatic nitrogens is 1. The largest absolute Gasteiger partial charge is 0.374 e. The van der Waals surface area contributed by atoms with Crippen LogP contribution in [0.1, 0.15) is 66.8 Å². The van der Waals surface area contributed by atoms with Gasteiger partial charge in [-0.1, -0.05) is 19.3 Å². The lowest BCUT2D eigenvalue weighted by atomic mass is 9.85. The highest BCUT2D eigenvalue weighted by molar-refractivity contribution is 7.11. The normalized spacial score (nSPS) is 20.4. The fourth-order valence-corrected chi connectivity index (χ4v) is 4.32. The third-order valence-corrected chi connectivity index (χ3v) is 5.65. The van der Waals surface area contributed by atoms with Crippen molar-refractivity contribution < 1.29 is 4.74 Å². The lowest BCUT2D eigenvalue weighted by Gasteiger charge is -2.27. The second-order valence-corrected chi connectivity index (χ2v) is 6.63. The van der Waals surface area contributed by atoms with Gasteiger partial charge in [0.15, 0.2) is 0 Å². The highest BCUT2D eigenvalue weighted by Crippen LogP contribution is 2.39. The van der Waals surface area contributed by atoms with E-state index in [0.717, 1.165) is 5.69 Å². The maximum Gasteiger partial charge on any atom is 0.122 e. The van der Waals surface area contributed by atoms with Crippen LogP contribution in [0.4, 0.5) is 0 Å². The maximum absolute atomic E-state index is 5.79. The van der Waals surface area contributed by atoms with Gasteiger partial charge in [-0.2, -0.15) is 0 Å². The van der Waals surface area contributed by atoms with Crippen molar-refractivity contribution in [1.29, 1.82) is 0 Å². The summed E-state index contributed by atoms with van der Waals surface area (Å²) in [7, 11) is 3.83. The second-order valence-electron chi connectivity index (χ2n) is 5.57. The van der Waals surface area contributed by atoms with Gasteiger partial charge in [0.05, 0.1) is 5.69 Å². The van der Waals surface area contributed by atoms with Gasteiger partial charge in [0.2, 0.25) is 0 Å². The summed E-state index contributed by atoms with van der Waals surface area (Å²) in [6.45, 7) is 4.30. The number of rotatable bonds is 5. The Morgan fingerprint density at radius 3 is 2.58 bits per heavy atom. The van der Waals surface area contributed by atoms with Crippen LogP contribution in [0, 0.1) is 12.8 Å². The molecule has 1 N–H and O–H groups in total. The Labute approximate surface area is 120 Å². The first-order valence-corrected chi connectivity index (χ1v) is 8.16. The molecular weight excluding hydrogens is 256 g/mol. The monoisotopic (exact) mass is 282 g/mol. The number of hydrogen-bond donors (Lipinski definition) is 1. The Morgan fingerprint density at radius 1 is 1.32 bits per heavy atom. The smallest absolute Gasteiger partial charge is 0.122 e. The van der Waals surface area contributed by atoms with Crippen molar-refractivity contribution in [2.24, 2.45) is 5.92 Å². The minimum atomic E-state index is 0.196. The average molecular weight is 282 g/mol. The quantitative estimate of drug-likeness (QED) is 0.886. The Kier molecular flexibility index (Phi) is 5.37. The first-order valence-electron chi connectivity index (χ1n) is 7.34. The molecule has 19 heavy (non-hydrogen) atoms. The zero-order valence-corrected chi connectivity index (χ0v) is 13.3. The molecule has 1 aromatic rings. The summed E-state index contributed by atoms with van der Waals surface area (Å²) in [6.07, 6.45) is 6.83. The van der Waals surface area contributed by atoms with E-state index in [9.17, 15) is 0 Å². The highest BCUT2D eigenvalue weighted by Gasteiger charge is 2.28. The number of ether oxygens (including phenoxy) is 1. The molecule has 0 aliphatic heterocycles. The Bertz CT molecular complexity index is 399. The topological polar surface area (TPSA) is 34.1 Å². The Morgan fingerprint density at radius 2 is 2.00 bits per heavy atom. The van der Waals surface area contributed by atoms with E-state index < -0.39 is 0 Å². The number of thiazole rings is 1. The molecule has 0 saturated heterocycles. The van der Waals surface area contributed by atoms with Crippen LogP contribution >= 0.6 is 11.3 Å². The van der Waals surface area contributed by atoms with Gasteiger partial charge >= 0.3 is 0 Å². The number of methoxy groups -OCH3 is 1. The van der Waals surface area contributed by atoms with Crippen molar-refractivity contribution in [3.05, 3.63) is 15.6 Å². The molecule has 0 spiro atoms. The molecule has 2 unspecified atom stereocenters. The Hall–Kier alpha value is -0.450. The molecule has 108 valence electrons. The molecule has 0 aromatic carbocycles. The third kappa shape index (κ3) is 3.36. The van der Waals surface area contributed by atoms with Crippen LogP contribution in [0.2, 0.25) is 0 Å². The fraction of sp³-hybridized carbons (Fsp3) is 0.800. The lowest BCUT2D eigenvalue weighted by molar-refractivity contribution is 0.0352. The van der Waals surface area contributed by atoms with E-state index in [1.165, 1.54) is 42.0 Å². The van der Waals surface area contributed by atoms with Crippen molar-refractivity contribution in [3.8, 4) is 0 Å². The second kappa shape index (κ2) is 6.82. The average Bonchev–Trinajstić information content (AvgIpc) is 2.82. The summed E-state index contributed by atoms with van der Waals surface area (Å²) in [6, 6.07) is 0.370. The van der Waals surface area contributed by atoms with Gasteiger partial charge in [0, 0.05) is 18.0 Å². The zero-order valence-electron chi connectivity index (χ0n) is 12.5. The first-order chi connectivity index (χ1) is 9.17. The van der Waals surface area contributed by atoms with Crippen molar-refractivity contribution in [3.63, 3.8) is 0 Å². The van der Waals surface area contributed by atoms with Gasteiger partial charge < -0.3 is 10.1 Å². The number of nitrogens with zero attached hydrogens (tertiary/aromatic N) is 1. The molecule has 0 bridgehead atoms. The summed E-state index contributed by atoms with van der Waals surface area (Å²) in [5, 5.41) is 4.47. The van der Waals surface area contributed by atoms with Gasteiger partial charge in [0.25, 0.3) is 0 Å². The molecule has 2 atom stereocenters. The molecule has 0 radical (unpaired) electrons. The van der Waals surface area contributed by atoms with Crippen molar-refractivity contribution >= 4 is 11.3 Å². The number of nitrogens with one attached hydrogen (secondary N) is 1. The number of aryl methyl sites for hydroxylation is 1. The molecule has 0 amide bonds. The van der Waals surface area contributed by atoms with E-state index >= 15 is 0 Å². The van der Waals surface area contributed by atoms with Gasteiger partial charge in [-0.05, 0) is 39.7 Å². The summed E-state index contributed by atoms with van der Waals surface area (Å²) in [4.78, 5) is 6.12. The van der Waals surface area contributed by atoms with Crippen LogP contribution in [0.25, 0.3) is 0 Å². The van der Waals surface area contributed by atoms with E-state index in [1.54, 1.807) is 0 Å². The Balaban J connectivity index is 2.18. The summed E-state index contributed by atoms with van der Waals surface area (Å²) >= 11 is 1.82. The molecule has 1 heterocycles. The highest BCUT2D eigenvalue weighted by atomic mass is 32.1. The van der Waals surface area contributed by atoms with Crippen LogP contribution in [0.3, 0.4) is 0 Å². The van der Waals surface area contributed by atoms with Crippen LogP contribution < -0.4 is 5.32 Å². The lowest BCUT2D eigenvalue weighted by Crippen LogP contribution is -2.17. The van der Waals surface area contributed by atoms with Crippen LogP contribution in [0.5, 0.6) is 0 Å². The van der Waals surface area contributed by atoms with Gasteiger partial charge in [-0.15, -0.1) is 11.3 Å². The molecule has 4 heteroatoms. The minimum absolute atomic E-state index is 0.196. The molecule has 3 nitrogen and oxygen atoms in total. The van der Waals surface area contributed by atoms with Gasteiger partial charge in [-0.3, -0.25) is 0 Å². The standard InChI is InChI=1S/C15H26N2OS/c1-10(16-3)14-11(2)17-15(19-14)13(18-4)12-8-6-5-7-9-12/h10,12-13,16H,5-9H2,1-4H3. The number of hydrogen-bond acceptors (Lipinski definition) is 4. The van der Waals surface area contributed by atoms with E-state index in [2.05, 4.69) is 19.2 Å². The predicted molar refractivity (Wildman–Crippen MR) is 80.7 cm³/mol. The summed E-state index contributed by atoms with van der Waals surface area (Å²) in [5.41, 5.74) is 1.15. The molecular formula is C15H26N2OS. The van der Waals surface area contributed by atoms with Crippen molar-refractivity contribution in [2.45, 2.75) is 58.1 Å². The van der Waals surface area contributed by atoms with E-state index in [4.69, 9.17) is 9.72 Å². The SMILES string of the molecule is CNC(C)c1sc(C(OC)C2CCCCC2)nc1C. The van der Waals surface area contributed by atoms with E-state index in [0.29, 0.717) is 12.0 Å². The van der Waals surface area contributed by atoms with Crippen molar-refractivity contribution in [2.75, 3.05) is 14.2 Å².